The van der Waals surface area contributed by atoms with Crippen LogP contribution in [-0.2, 0) is 4.79 Å². The Morgan fingerprint density at radius 1 is 1.29 bits per heavy atom. The number of hydrogen-bond acceptors (Lipinski definition) is 4. The summed E-state index contributed by atoms with van der Waals surface area (Å²) in [5, 5.41) is 3.59. The van der Waals surface area contributed by atoms with E-state index in [1.165, 1.54) is 16.9 Å². The highest BCUT2D eigenvalue weighted by molar-refractivity contribution is 7.22. The van der Waals surface area contributed by atoms with Gasteiger partial charge >= 0.3 is 0 Å². The second-order valence-electron chi connectivity index (χ2n) is 5.90. The molecule has 0 bridgehead atoms. The van der Waals surface area contributed by atoms with Crippen LogP contribution in [0.3, 0.4) is 0 Å². The van der Waals surface area contributed by atoms with Crippen LogP contribution in [0.25, 0.3) is 10.2 Å². The maximum atomic E-state index is 12.2. The molecule has 0 aliphatic carbocycles. The maximum Gasteiger partial charge on any atom is 0.240 e. The van der Waals surface area contributed by atoms with E-state index in [0.717, 1.165) is 10.2 Å². The van der Waals surface area contributed by atoms with Gasteiger partial charge in [-0.3, -0.25) is 9.69 Å². The van der Waals surface area contributed by atoms with E-state index in [0.29, 0.717) is 23.8 Å². The minimum atomic E-state index is -0.00632. The number of carbonyl (C=O) groups excluding carboxylic acids is 1. The summed E-state index contributed by atoms with van der Waals surface area (Å²) in [5.74, 6) is -0.00632. The molecule has 0 aliphatic heterocycles. The minimum absolute atomic E-state index is 0.00632. The molecule has 21 heavy (non-hydrogen) atoms. The Bertz CT molecular complexity index is 625. The monoisotopic (exact) mass is 305 g/mol. The van der Waals surface area contributed by atoms with Crippen molar-refractivity contribution >= 4 is 32.6 Å². The lowest BCUT2D eigenvalue weighted by Gasteiger charge is -2.29. The summed E-state index contributed by atoms with van der Waals surface area (Å²) >= 11 is 1.52. The first-order chi connectivity index (χ1) is 9.86. The van der Waals surface area contributed by atoms with Crippen LogP contribution >= 0.6 is 11.3 Å². The Kier molecular flexibility index (Phi) is 4.96. The van der Waals surface area contributed by atoms with Crippen molar-refractivity contribution in [3.8, 4) is 0 Å². The van der Waals surface area contributed by atoms with Crippen LogP contribution in [0, 0.1) is 6.92 Å². The lowest BCUT2D eigenvalue weighted by molar-refractivity contribution is -0.118. The predicted octanol–water partition coefficient (Wildman–Crippen LogP) is 3.66. The third-order valence-corrected chi connectivity index (χ3v) is 4.38. The molecule has 1 amide bonds. The van der Waals surface area contributed by atoms with Gasteiger partial charge in [0.15, 0.2) is 5.13 Å². The third kappa shape index (κ3) is 4.02. The molecule has 0 atom stereocenters. The molecular formula is C16H23N3OS. The van der Waals surface area contributed by atoms with E-state index in [1.807, 2.05) is 12.1 Å². The zero-order chi connectivity index (χ0) is 15.6. The first-order valence-electron chi connectivity index (χ1n) is 7.29. The molecule has 5 heteroatoms. The van der Waals surface area contributed by atoms with Gasteiger partial charge in [0.25, 0.3) is 0 Å². The quantitative estimate of drug-likeness (QED) is 0.917. The molecule has 1 aromatic carbocycles. The van der Waals surface area contributed by atoms with E-state index in [1.54, 1.807) is 0 Å². The Morgan fingerprint density at radius 2 is 1.95 bits per heavy atom. The fourth-order valence-corrected chi connectivity index (χ4v) is 3.35. The topological polar surface area (TPSA) is 45.2 Å². The highest BCUT2D eigenvalue weighted by Gasteiger charge is 2.17. The molecule has 1 heterocycles. The second-order valence-corrected chi connectivity index (χ2v) is 6.93. The second kappa shape index (κ2) is 6.54. The standard InChI is InChI=1S/C16H23N3OS/c1-10(2)19(11(3)4)9-15(20)18-16-17-13-7-6-12(5)8-14(13)21-16/h6-8,10-11H,9H2,1-5H3,(H,17,18,20). The molecule has 4 nitrogen and oxygen atoms in total. The fourth-order valence-electron chi connectivity index (χ4n) is 2.37. The number of nitrogens with zero attached hydrogens (tertiary/aromatic N) is 2. The predicted molar refractivity (Wildman–Crippen MR) is 90.0 cm³/mol. The summed E-state index contributed by atoms with van der Waals surface area (Å²) in [6, 6.07) is 6.80. The normalized spacial score (nSPS) is 11.8. The molecule has 0 saturated heterocycles. The van der Waals surface area contributed by atoms with Crippen LogP contribution in [0.15, 0.2) is 18.2 Å². The van der Waals surface area contributed by atoms with Gasteiger partial charge in [-0.05, 0) is 52.3 Å². The first-order valence-corrected chi connectivity index (χ1v) is 8.11. The minimum Gasteiger partial charge on any atom is -0.301 e. The number of rotatable bonds is 5. The molecule has 2 rings (SSSR count). The molecule has 0 fully saturated rings. The summed E-state index contributed by atoms with van der Waals surface area (Å²) in [6.45, 7) is 10.9. The zero-order valence-electron chi connectivity index (χ0n) is 13.3. The summed E-state index contributed by atoms with van der Waals surface area (Å²) in [4.78, 5) is 18.8. The van der Waals surface area contributed by atoms with Gasteiger partial charge in [0.1, 0.15) is 0 Å². The summed E-state index contributed by atoms with van der Waals surface area (Å²) < 4.78 is 1.11. The van der Waals surface area contributed by atoms with E-state index in [2.05, 4.69) is 55.9 Å². The number of anilines is 1. The van der Waals surface area contributed by atoms with Gasteiger partial charge < -0.3 is 5.32 Å². The van der Waals surface area contributed by atoms with E-state index in [-0.39, 0.29) is 5.91 Å². The Hall–Kier alpha value is -1.46. The van der Waals surface area contributed by atoms with Crippen molar-refractivity contribution in [1.29, 1.82) is 0 Å². The van der Waals surface area contributed by atoms with Crippen LogP contribution in [0.5, 0.6) is 0 Å². The highest BCUT2D eigenvalue weighted by atomic mass is 32.1. The van der Waals surface area contributed by atoms with Gasteiger partial charge in [0.2, 0.25) is 5.91 Å². The molecule has 1 aromatic heterocycles. The average Bonchev–Trinajstić information content (AvgIpc) is 2.76. The number of fused-ring (bicyclic) bond motifs is 1. The Labute approximate surface area is 130 Å². The van der Waals surface area contributed by atoms with Crippen LogP contribution in [0.2, 0.25) is 0 Å². The van der Waals surface area contributed by atoms with Crippen LogP contribution in [0.1, 0.15) is 33.3 Å². The molecule has 0 saturated carbocycles. The van der Waals surface area contributed by atoms with E-state index >= 15 is 0 Å². The smallest absolute Gasteiger partial charge is 0.240 e. The van der Waals surface area contributed by atoms with Gasteiger partial charge in [0, 0.05) is 12.1 Å². The van der Waals surface area contributed by atoms with Crippen molar-refractivity contribution in [2.45, 2.75) is 46.7 Å². The number of benzene rings is 1. The average molecular weight is 305 g/mol. The summed E-state index contributed by atoms with van der Waals surface area (Å²) in [7, 11) is 0. The number of aryl methyl sites for hydroxylation is 1. The summed E-state index contributed by atoms with van der Waals surface area (Å²) in [6.07, 6.45) is 0. The van der Waals surface area contributed by atoms with Crippen molar-refractivity contribution in [2.24, 2.45) is 0 Å². The Morgan fingerprint density at radius 3 is 2.57 bits per heavy atom. The number of aromatic nitrogens is 1. The lowest BCUT2D eigenvalue weighted by atomic mass is 10.2. The largest absolute Gasteiger partial charge is 0.301 e. The van der Waals surface area contributed by atoms with Gasteiger partial charge in [-0.15, -0.1) is 0 Å². The van der Waals surface area contributed by atoms with Crippen molar-refractivity contribution in [1.82, 2.24) is 9.88 Å². The SMILES string of the molecule is Cc1ccc2nc(NC(=O)CN(C(C)C)C(C)C)sc2c1. The molecule has 0 aliphatic rings. The van der Waals surface area contributed by atoms with Crippen LogP contribution in [0.4, 0.5) is 5.13 Å². The van der Waals surface area contributed by atoms with Gasteiger partial charge in [-0.1, -0.05) is 17.4 Å². The number of amides is 1. The maximum absolute atomic E-state index is 12.2. The molecule has 0 radical (unpaired) electrons. The summed E-state index contributed by atoms with van der Waals surface area (Å²) in [5.41, 5.74) is 2.14. The van der Waals surface area contributed by atoms with Crippen molar-refractivity contribution < 1.29 is 4.79 Å². The number of carbonyl (C=O) groups is 1. The zero-order valence-corrected chi connectivity index (χ0v) is 14.1. The first kappa shape index (κ1) is 15.9. The van der Waals surface area contributed by atoms with Gasteiger partial charge in [-0.25, -0.2) is 4.98 Å². The van der Waals surface area contributed by atoms with Crippen LogP contribution in [-0.4, -0.2) is 34.4 Å². The molecule has 114 valence electrons. The molecule has 0 spiro atoms. The lowest BCUT2D eigenvalue weighted by Crippen LogP contribution is -2.42. The van der Waals surface area contributed by atoms with Gasteiger partial charge in [-0.2, -0.15) is 0 Å². The molecule has 0 unspecified atom stereocenters. The van der Waals surface area contributed by atoms with E-state index in [9.17, 15) is 4.79 Å². The number of hydrogen-bond donors (Lipinski definition) is 1. The molecule has 2 aromatic rings. The Balaban J connectivity index is 2.07. The highest BCUT2D eigenvalue weighted by Crippen LogP contribution is 2.26. The van der Waals surface area contributed by atoms with E-state index < -0.39 is 0 Å². The molecular weight excluding hydrogens is 282 g/mol. The van der Waals surface area contributed by atoms with Gasteiger partial charge in [0.05, 0.1) is 16.8 Å². The number of thiazole rings is 1. The van der Waals surface area contributed by atoms with Crippen molar-refractivity contribution in [2.75, 3.05) is 11.9 Å². The molecule has 1 N–H and O–H groups in total. The van der Waals surface area contributed by atoms with Crippen molar-refractivity contribution in [3.05, 3.63) is 23.8 Å². The third-order valence-electron chi connectivity index (χ3n) is 3.44. The van der Waals surface area contributed by atoms with Crippen molar-refractivity contribution in [3.63, 3.8) is 0 Å². The van der Waals surface area contributed by atoms with Crippen LogP contribution < -0.4 is 5.32 Å². The van der Waals surface area contributed by atoms with E-state index in [4.69, 9.17) is 0 Å². The number of nitrogens with one attached hydrogen (secondary N) is 1. The fraction of sp³-hybridized carbons (Fsp3) is 0.500.